The van der Waals surface area contributed by atoms with Crippen molar-refractivity contribution in [3.63, 3.8) is 0 Å². The van der Waals surface area contributed by atoms with Gasteiger partial charge in [0, 0.05) is 24.2 Å². The number of rotatable bonds is 3. The fourth-order valence-electron chi connectivity index (χ4n) is 3.07. The number of anilines is 1. The summed E-state index contributed by atoms with van der Waals surface area (Å²) in [7, 11) is 0. The lowest BCUT2D eigenvalue weighted by molar-refractivity contribution is 0.182. The molecule has 3 rings (SSSR count). The zero-order valence-corrected chi connectivity index (χ0v) is 11.5. The number of nitrogen functional groups attached to an aromatic ring is 1. The highest BCUT2D eigenvalue weighted by Crippen LogP contribution is 2.27. The molecule has 1 aliphatic rings. The number of nitrogens with zero attached hydrogens (tertiary/aromatic N) is 3. The van der Waals surface area contributed by atoms with Gasteiger partial charge in [0.25, 0.3) is 0 Å². The van der Waals surface area contributed by atoms with Crippen LogP contribution in [0.25, 0.3) is 10.9 Å². The molecule has 1 aromatic carbocycles. The van der Waals surface area contributed by atoms with Gasteiger partial charge in [0.2, 0.25) is 0 Å². The Morgan fingerprint density at radius 3 is 2.84 bits per heavy atom. The average molecular weight is 258 g/mol. The van der Waals surface area contributed by atoms with Gasteiger partial charge in [-0.2, -0.15) is 5.10 Å². The molecular formula is C15H22N4. The molecule has 0 aliphatic carbocycles. The van der Waals surface area contributed by atoms with E-state index < -0.39 is 0 Å². The van der Waals surface area contributed by atoms with E-state index in [9.17, 15) is 0 Å². The van der Waals surface area contributed by atoms with Crippen LogP contribution in [-0.4, -0.2) is 34.3 Å². The average Bonchev–Trinajstić information content (AvgIpc) is 2.83. The maximum atomic E-state index is 5.82. The van der Waals surface area contributed by atoms with Gasteiger partial charge in [-0.1, -0.05) is 6.92 Å². The second-order valence-electron chi connectivity index (χ2n) is 5.48. The molecule has 0 unspecified atom stereocenters. The highest BCUT2D eigenvalue weighted by molar-refractivity contribution is 5.82. The molecule has 0 bridgehead atoms. The zero-order valence-electron chi connectivity index (χ0n) is 11.5. The maximum absolute atomic E-state index is 5.82. The van der Waals surface area contributed by atoms with Gasteiger partial charge in [-0.05, 0) is 44.0 Å². The lowest BCUT2D eigenvalue weighted by Gasteiger charge is -2.32. The van der Waals surface area contributed by atoms with Gasteiger partial charge in [-0.3, -0.25) is 4.68 Å². The molecule has 1 aromatic heterocycles. The SMILES string of the molecule is CCCN1CCC(n2ncc3cc(N)ccc32)CC1. The molecule has 4 heteroatoms. The van der Waals surface area contributed by atoms with Crippen LogP contribution >= 0.6 is 0 Å². The molecule has 19 heavy (non-hydrogen) atoms. The minimum Gasteiger partial charge on any atom is -0.399 e. The van der Waals surface area contributed by atoms with Gasteiger partial charge < -0.3 is 10.6 Å². The number of benzene rings is 1. The van der Waals surface area contributed by atoms with Crippen molar-refractivity contribution in [2.75, 3.05) is 25.4 Å². The van der Waals surface area contributed by atoms with Crippen molar-refractivity contribution in [1.29, 1.82) is 0 Å². The van der Waals surface area contributed by atoms with E-state index in [1.807, 2.05) is 18.3 Å². The highest BCUT2D eigenvalue weighted by atomic mass is 15.3. The molecule has 2 aromatic rings. The summed E-state index contributed by atoms with van der Waals surface area (Å²) >= 11 is 0. The van der Waals surface area contributed by atoms with Crippen LogP contribution < -0.4 is 5.73 Å². The Labute approximate surface area is 114 Å². The Morgan fingerprint density at radius 2 is 2.11 bits per heavy atom. The number of nitrogens with two attached hydrogens (primary N) is 1. The van der Waals surface area contributed by atoms with E-state index in [0.29, 0.717) is 6.04 Å². The molecule has 1 saturated heterocycles. The Bertz CT molecular complexity index is 552. The first kappa shape index (κ1) is 12.5. The first-order valence-electron chi connectivity index (χ1n) is 7.23. The van der Waals surface area contributed by atoms with Gasteiger partial charge in [-0.15, -0.1) is 0 Å². The minimum atomic E-state index is 0.536. The molecule has 0 radical (unpaired) electrons. The standard InChI is InChI=1S/C15H22N4/c1-2-7-18-8-5-14(6-9-18)19-15-4-3-13(16)10-12(15)11-17-19/h3-4,10-11,14H,2,5-9,16H2,1H3. The van der Waals surface area contributed by atoms with Crippen molar-refractivity contribution in [1.82, 2.24) is 14.7 Å². The number of hydrogen-bond donors (Lipinski definition) is 1. The Kier molecular flexibility index (Phi) is 3.42. The molecule has 1 aliphatic heterocycles. The van der Waals surface area contributed by atoms with Crippen LogP contribution in [0.1, 0.15) is 32.2 Å². The number of piperidine rings is 1. The van der Waals surface area contributed by atoms with Crippen molar-refractivity contribution >= 4 is 16.6 Å². The molecule has 1 fully saturated rings. The lowest BCUT2D eigenvalue weighted by Crippen LogP contribution is -2.35. The van der Waals surface area contributed by atoms with Gasteiger partial charge in [0.15, 0.2) is 0 Å². The van der Waals surface area contributed by atoms with Crippen LogP contribution in [0.15, 0.2) is 24.4 Å². The number of likely N-dealkylation sites (tertiary alicyclic amines) is 1. The van der Waals surface area contributed by atoms with E-state index in [2.05, 4.69) is 27.7 Å². The van der Waals surface area contributed by atoms with Crippen molar-refractivity contribution in [3.8, 4) is 0 Å². The first-order valence-corrected chi connectivity index (χ1v) is 7.23. The van der Waals surface area contributed by atoms with Gasteiger partial charge in [-0.25, -0.2) is 0 Å². The van der Waals surface area contributed by atoms with Crippen LogP contribution in [0.5, 0.6) is 0 Å². The van der Waals surface area contributed by atoms with Gasteiger partial charge >= 0.3 is 0 Å². The fourth-order valence-corrected chi connectivity index (χ4v) is 3.07. The van der Waals surface area contributed by atoms with Gasteiger partial charge in [0.1, 0.15) is 0 Å². The van der Waals surface area contributed by atoms with E-state index in [-0.39, 0.29) is 0 Å². The molecule has 0 amide bonds. The smallest absolute Gasteiger partial charge is 0.0687 e. The summed E-state index contributed by atoms with van der Waals surface area (Å²) in [6.07, 6.45) is 5.57. The second kappa shape index (κ2) is 5.21. The molecular weight excluding hydrogens is 236 g/mol. The number of fused-ring (bicyclic) bond motifs is 1. The quantitative estimate of drug-likeness (QED) is 0.861. The van der Waals surface area contributed by atoms with E-state index in [4.69, 9.17) is 5.73 Å². The summed E-state index contributed by atoms with van der Waals surface area (Å²) in [6, 6.07) is 6.60. The summed E-state index contributed by atoms with van der Waals surface area (Å²) in [6.45, 7) is 5.85. The third-order valence-corrected chi connectivity index (χ3v) is 4.06. The second-order valence-corrected chi connectivity index (χ2v) is 5.48. The third kappa shape index (κ3) is 2.45. The first-order chi connectivity index (χ1) is 9.28. The van der Waals surface area contributed by atoms with Crippen molar-refractivity contribution in [2.24, 2.45) is 0 Å². The molecule has 2 heterocycles. The number of aromatic nitrogens is 2. The van der Waals surface area contributed by atoms with E-state index >= 15 is 0 Å². The van der Waals surface area contributed by atoms with Crippen molar-refractivity contribution in [3.05, 3.63) is 24.4 Å². The predicted molar refractivity (Wildman–Crippen MR) is 79.1 cm³/mol. The fraction of sp³-hybridized carbons (Fsp3) is 0.533. The summed E-state index contributed by atoms with van der Waals surface area (Å²) in [5.41, 5.74) is 7.84. The summed E-state index contributed by atoms with van der Waals surface area (Å²) in [5, 5.41) is 5.72. The van der Waals surface area contributed by atoms with Crippen LogP contribution in [0.3, 0.4) is 0 Å². The molecule has 102 valence electrons. The largest absolute Gasteiger partial charge is 0.399 e. The predicted octanol–water partition coefficient (Wildman–Crippen LogP) is 2.67. The molecule has 4 nitrogen and oxygen atoms in total. The monoisotopic (exact) mass is 258 g/mol. The van der Waals surface area contributed by atoms with Crippen molar-refractivity contribution in [2.45, 2.75) is 32.2 Å². The van der Waals surface area contributed by atoms with Crippen molar-refractivity contribution < 1.29 is 0 Å². The Hall–Kier alpha value is -1.55. The Balaban J connectivity index is 1.78. The zero-order chi connectivity index (χ0) is 13.2. The normalized spacial score (nSPS) is 18.2. The van der Waals surface area contributed by atoms with Crippen LogP contribution in [0, 0.1) is 0 Å². The van der Waals surface area contributed by atoms with Crippen LogP contribution in [0.2, 0.25) is 0 Å². The topological polar surface area (TPSA) is 47.1 Å². The minimum absolute atomic E-state index is 0.536. The molecule has 2 N–H and O–H groups in total. The molecule has 0 saturated carbocycles. The maximum Gasteiger partial charge on any atom is 0.0687 e. The van der Waals surface area contributed by atoms with Crippen LogP contribution in [-0.2, 0) is 0 Å². The van der Waals surface area contributed by atoms with E-state index in [0.717, 1.165) is 11.1 Å². The summed E-state index contributed by atoms with van der Waals surface area (Å²) in [5.74, 6) is 0. The van der Waals surface area contributed by atoms with Crippen LogP contribution in [0.4, 0.5) is 5.69 Å². The van der Waals surface area contributed by atoms with Gasteiger partial charge in [0.05, 0.1) is 17.8 Å². The van der Waals surface area contributed by atoms with E-state index in [1.54, 1.807) is 0 Å². The molecule has 0 atom stereocenters. The van der Waals surface area contributed by atoms with E-state index in [1.165, 1.54) is 44.4 Å². The summed E-state index contributed by atoms with van der Waals surface area (Å²) < 4.78 is 2.19. The Morgan fingerprint density at radius 1 is 1.32 bits per heavy atom. The molecule has 0 spiro atoms. The highest BCUT2D eigenvalue weighted by Gasteiger charge is 2.21. The summed E-state index contributed by atoms with van der Waals surface area (Å²) in [4.78, 5) is 2.56. The number of hydrogen-bond acceptors (Lipinski definition) is 3. The lowest BCUT2D eigenvalue weighted by atomic mass is 10.0. The third-order valence-electron chi connectivity index (χ3n) is 4.06.